The SMILES string of the molecule is CC(C)CC(=O)Cc1cc(C(=O)Nc2ccccc2CC(=O)O)cc(-c2cc(F)cc(CN)c2)c1. The monoisotopic (exact) mass is 476 g/mol. The Morgan fingerprint density at radius 2 is 1.63 bits per heavy atom. The first-order chi connectivity index (χ1) is 16.6. The van der Waals surface area contributed by atoms with Gasteiger partial charge in [0.1, 0.15) is 11.6 Å². The number of ketones is 1. The van der Waals surface area contributed by atoms with Crippen LogP contribution in [0.25, 0.3) is 11.1 Å². The van der Waals surface area contributed by atoms with Gasteiger partial charge in [-0.3, -0.25) is 14.4 Å². The van der Waals surface area contributed by atoms with E-state index in [-0.39, 0.29) is 36.7 Å². The van der Waals surface area contributed by atoms with Crippen LogP contribution in [0, 0.1) is 11.7 Å². The summed E-state index contributed by atoms with van der Waals surface area (Å²) in [6.07, 6.45) is 0.309. The lowest BCUT2D eigenvalue weighted by atomic mass is 9.94. The van der Waals surface area contributed by atoms with Crippen LogP contribution in [0.5, 0.6) is 0 Å². The quantitative estimate of drug-likeness (QED) is 0.382. The van der Waals surface area contributed by atoms with Crippen LogP contribution in [0.4, 0.5) is 10.1 Å². The van der Waals surface area contributed by atoms with Crippen molar-refractivity contribution in [1.82, 2.24) is 0 Å². The standard InChI is InChI=1S/C28H29FN2O4/c1-17(2)7-25(32)12-18-8-21(22-10-19(16-30)11-24(29)14-22)13-23(9-18)28(35)31-26-6-4-3-5-20(26)15-27(33)34/h3-6,8-11,13-14,17H,7,12,15-16,30H2,1-2H3,(H,31,35)(H,33,34). The predicted octanol–water partition coefficient (Wildman–Crippen LogP) is 4.99. The summed E-state index contributed by atoms with van der Waals surface area (Å²) in [5.74, 6) is -1.68. The zero-order valence-corrected chi connectivity index (χ0v) is 19.8. The van der Waals surface area contributed by atoms with Gasteiger partial charge in [0.2, 0.25) is 0 Å². The first-order valence-electron chi connectivity index (χ1n) is 11.4. The van der Waals surface area contributed by atoms with Crippen molar-refractivity contribution >= 4 is 23.3 Å². The molecule has 0 saturated carbocycles. The molecular formula is C28H29FN2O4. The lowest BCUT2D eigenvalue weighted by Gasteiger charge is -2.13. The number of benzene rings is 3. The van der Waals surface area contributed by atoms with Crippen LogP contribution in [0.15, 0.2) is 60.7 Å². The van der Waals surface area contributed by atoms with Crippen LogP contribution in [0.2, 0.25) is 0 Å². The van der Waals surface area contributed by atoms with Gasteiger partial charge in [0.05, 0.1) is 6.42 Å². The molecule has 0 bridgehead atoms. The summed E-state index contributed by atoms with van der Waals surface area (Å²) in [6.45, 7) is 4.08. The second-order valence-corrected chi connectivity index (χ2v) is 8.97. The van der Waals surface area contributed by atoms with Gasteiger partial charge in [-0.15, -0.1) is 0 Å². The van der Waals surface area contributed by atoms with Crippen molar-refractivity contribution in [2.24, 2.45) is 11.7 Å². The van der Waals surface area contributed by atoms with Crippen molar-refractivity contribution in [3.05, 3.63) is 88.7 Å². The molecule has 35 heavy (non-hydrogen) atoms. The molecule has 6 nitrogen and oxygen atoms in total. The van der Waals surface area contributed by atoms with E-state index in [0.29, 0.717) is 39.9 Å². The normalized spacial score (nSPS) is 10.9. The number of carboxylic acids is 1. The van der Waals surface area contributed by atoms with Crippen LogP contribution in [-0.4, -0.2) is 22.8 Å². The van der Waals surface area contributed by atoms with Gasteiger partial charge in [0.25, 0.3) is 5.91 Å². The van der Waals surface area contributed by atoms with Crippen LogP contribution < -0.4 is 11.1 Å². The van der Waals surface area contributed by atoms with E-state index in [4.69, 9.17) is 10.8 Å². The Morgan fingerprint density at radius 3 is 2.31 bits per heavy atom. The van der Waals surface area contributed by atoms with Crippen molar-refractivity contribution in [1.29, 1.82) is 0 Å². The zero-order valence-electron chi connectivity index (χ0n) is 19.8. The topological polar surface area (TPSA) is 109 Å². The third-order valence-corrected chi connectivity index (χ3v) is 5.43. The molecule has 0 aliphatic rings. The van der Waals surface area contributed by atoms with Gasteiger partial charge < -0.3 is 16.2 Å². The van der Waals surface area contributed by atoms with Crippen LogP contribution >= 0.6 is 0 Å². The third-order valence-electron chi connectivity index (χ3n) is 5.43. The second-order valence-electron chi connectivity index (χ2n) is 8.97. The van der Waals surface area contributed by atoms with E-state index in [9.17, 15) is 18.8 Å². The van der Waals surface area contributed by atoms with Gasteiger partial charge in [-0.1, -0.05) is 38.1 Å². The highest BCUT2D eigenvalue weighted by atomic mass is 19.1. The molecule has 4 N–H and O–H groups in total. The van der Waals surface area contributed by atoms with Gasteiger partial charge >= 0.3 is 5.97 Å². The summed E-state index contributed by atoms with van der Waals surface area (Å²) < 4.78 is 14.2. The molecule has 1 amide bonds. The van der Waals surface area contributed by atoms with Crippen molar-refractivity contribution in [2.45, 2.75) is 39.7 Å². The molecule has 3 rings (SSSR count). The van der Waals surface area contributed by atoms with E-state index in [2.05, 4.69) is 5.32 Å². The third kappa shape index (κ3) is 7.32. The van der Waals surface area contributed by atoms with E-state index < -0.39 is 17.7 Å². The van der Waals surface area contributed by atoms with Crippen molar-refractivity contribution in [2.75, 3.05) is 5.32 Å². The Kier molecular flexibility index (Phi) is 8.49. The molecule has 0 heterocycles. The maximum absolute atomic E-state index is 14.2. The molecule has 3 aromatic rings. The minimum atomic E-state index is -1.01. The van der Waals surface area contributed by atoms with E-state index in [1.54, 1.807) is 48.5 Å². The second kappa shape index (κ2) is 11.5. The number of carbonyl (C=O) groups is 3. The van der Waals surface area contributed by atoms with Gasteiger partial charge in [-0.05, 0) is 70.1 Å². The van der Waals surface area contributed by atoms with Gasteiger partial charge in [0, 0.05) is 30.6 Å². The van der Waals surface area contributed by atoms with E-state index >= 15 is 0 Å². The molecule has 0 spiro atoms. The molecule has 0 unspecified atom stereocenters. The average Bonchev–Trinajstić information content (AvgIpc) is 2.78. The van der Waals surface area contributed by atoms with Crippen LogP contribution in [0.3, 0.4) is 0 Å². The molecule has 0 atom stereocenters. The number of para-hydroxylation sites is 1. The van der Waals surface area contributed by atoms with Crippen molar-refractivity contribution in [3.63, 3.8) is 0 Å². The summed E-state index contributed by atoms with van der Waals surface area (Å²) in [4.78, 5) is 36.9. The highest BCUT2D eigenvalue weighted by Gasteiger charge is 2.16. The Hall–Kier alpha value is -3.84. The minimum Gasteiger partial charge on any atom is -0.481 e. The molecule has 3 aromatic carbocycles. The van der Waals surface area contributed by atoms with E-state index in [0.717, 1.165) is 0 Å². The van der Waals surface area contributed by atoms with Crippen molar-refractivity contribution in [3.8, 4) is 11.1 Å². The van der Waals surface area contributed by atoms with Gasteiger partial charge in [-0.25, -0.2) is 4.39 Å². The van der Waals surface area contributed by atoms with E-state index in [1.165, 1.54) is 12.1 Å². The number of anilines is 1. The number of halogens is 1. The number of aliphatic carboxylic acids is 1. The largest absolute Gasteiger partial charge is 0.481 e. The fraction of sp³-hybridized carbons (Fsp3) is 0.250. The number of rotatable bonds is 10. The Bertz CT molecular complexity index is 1250. The smallest absolute Gasteiger partial charge is 0.307 e. The summed E-state index contributed by atoms with van der Waals surface area (Å²) >= 11 is 0. The number of Topliss-reactive ketones (excluding diaryl/α,β-unsaturated/α-hetero) is 1. The lowest BCUT2D eigenvalue weighted by molar-refractivity contribution is -0.136. The Balaban J connectivity index is 2.01. The molecule has 7 heteroatoms. The first kappa shape index (κ1) is 25.8. The summed E-state index contributed by atoms with van der Waals surface area (Å²) in [5.41, 5.74) is 9.20. The molecular weight excluding hydrogens is 447 g/mol. The fourth-order valence-corrected chi connectivity index (χ4v) is 3.94. The highest BCUT2D eigenvalue weighted by Crippen LogP contribution is 2.27. The molecule has 0 aliphatic heterocycles. The lowest BCUT2D eigenvalue weighted by Crippen LogP contribution is -2.15. The summed E-state index contributed by atoms with van der Waals surface area (Å²) in [5, 5.41) is 11.9. The van der Waals surface area contributed by atoms with Crippen molar-refractivity contribution < 1.29 is 23.9 Å². The average molecular weight is 477 g/mol. The van der Waals surface area contributed by atoms with Gasteiger partial charge in [0.15, 0.2) is 0 Å². The Labute approximate surface area is 204 Å². The molecule has 182 valence electrons. The number of hydrogen-bond donors (Lipinski definition) is 3. The maximum atomic E-state index is 14.2. The summed E-state index contributed by atoms with van der Waals surface area (Å²) in [6, 6.07) is 16.2. The molecule has 0 aromatic heterocycles. The summed E-state index contributed by atoms with van der Waals surface area (Å²) in [7, 11) is 0. The number of carbonyl (C=O) groups excluding carboxylic acids is 2. The fourth-order valence-electron chi connectivity index (χ4n) is 3.94. The minimum absolute atomic E-state index is 0.0391. The molecule has 0 aliphatic carbocycles. The number of amides is 1. The van der Waals surface area contributed by atoms with Gasteiger partial charge in [-0.2, -0.15) is 0 Å². The number of nitrogens with two attached hydrogens (primary N) is 1. The number of hydrogen-bond acceptors (Lipinski definition) is 4. The first-order valence-corrected chi connectivity index (χ1v) is 11.4. The van der Waals surface area contributed by atoms with Crippen LogP contribution in [-0.2, 0) is 29.0 Å². The predicted molar refractivity (Wildman–Crippen MR) is 134 cm³/mol. The Morgan fingerprint density at radius 1 is 0.943 bits per heavy atom. The van der Waals surface area contributed by atoms with Crippen LogP contribution in [0.1, 0.15) is 47.3 Å². The maximum Gasteiger partial charge on any atom is 0.307 e. The number of nitrogens with one attached hydrogen (secondary N) is 1. The molecule has 0 fully saturated rings. The number of carboxylic acid groups (broad SMARTS) is 1. The zero-order chi connectivity index (χ0) is 25.5. The highest BCUT2D eigenvalue weighted by molar-refractivity contribution is 6.06. The van der Waals surface area contributed by atoms with E-state index in [1.807, 2.05) is 13.8 Å². The molecule has 0 radical (unpaired) electrons. The molecule has 0 saturated heterocycles.